The van der Waals surface area contributed by atoms with Crippen LogP contribution in [0.2, 0.25) is 0 Å². The highest BCUT2D eigenvalue weighted by Crippen LogP contribution is 2.29. The van der Waals surface area contributed by atoms with Crippen LogP contribution in [0.3, 0.4) is 0 Å². The van der Waals surface area contributed by atoms with Crippen LogP contribution < -0.4 is 4.90 Å². The Labute approximate surface area is 174 Å². The molecule has 1 nitrogen and oxygen atoms in total. The molecule has 0 heterocycles. The van der Waals surface area contributed by atoms with Gasteiger partial charge in [0.15, 0.2) is 0 Å². The van der Waals surface area contributed by atoms with Gasteiger partial charge in [0.25, 0.3) is 0 Å². The predicted octanol–water partition coefficient (Wildman–Crippen LogP) is 7.17. The van der Waals surface area contributed by atoms with E-state index in [0.717, 1.165) is 6.42 Å². The fourth-order valence-electron chi connectivity index (χ4n) is 3.69. The Morgan fingerprint density at radius 1 is 0.793 bits per heavy atom. The highest BCUT2D eigenvalue weighted by Gasteiger charge is 2.18. The van der Waals surface area contributed by atoms with Gasteiger partial charge in [0.05, 0.1) is 6.04 Å². The molecule has 0 radical (unpaired) electrons. The maximum absolute atomic E-state index is 2.41. The van der Waals surface area contributed by atoms with E-state index in [1.165, 1.54) is 33.5 Å². The monoisotopic (exact) mass is 377 g/mol. The number of anilines is 1. The first-order valence-corrected chi connectivity index (χ1v) is 10.2. The molecule has 0 saturated carbocycles. The second kappa shape index (κ2) is 8.79. The number of nitrogens with zero attached hydrogens (tertiary/aromatic N) is 1. The number of hydrogen-bond acceptors (Lipinski definition) is 1. The largest absolute Gasteiger partial charge is 0.340 e. The summed E-state index contributed by atoms with van der Waals surface area (Å²) in [7, 11) is 0. The fourth-order valence-corrected chi connectivity index (χ4v) is 3.69. The first-order valence-electron chi connectivity index (χ1n) is 10.2. The molecule has 144 valence electrons. The van der Waals surface area contributed by atoms with E-state index in [9.17, 15) is 0 Å². The third kappa shape index (κ3) is 4.57. The summed E-state index contributed by atoms with van der Waals surface area (Å²) in [6, 6.07) is 30.4. The van der Waals surface area contributed by atoms with Crippen LogP contribution in [-0.2, 0) is 0 Å². The smallest absolute Gasteiger partial charge is 0.0554 e. The summed E-state index contributed by atoms with van der Waals surface area (Å²) in [5.41, 5.74) is 7.50. The van der Waals surface area contributed by atoms with Crippen molar-refractivity contribution in [3.8, 4) is 0 Å². The van der Waals surface area contributed by atoms with Gasteiger partial charge in [0.1, 0.15) is 0 Å². The van der Waals surface area contributed by atoms with Gasteiger partial charge < -0.3 is 4.90 Å². The molecule has 1 unspecified atom stereocenters. The van der Waals surface area contributed by atoms with Crippen molar-refractivity contribution < 1.29 is 0 Å². The molecular formula is C28H27N. The first kappa shape index (κ1) is 19.0. The molecule has 0 N–H and O–H groups in total. The Hall–Kier alpha value is -3.32. The van der Waals surface area contributed by atoms with Crippen LogP contribution in [0.15, 0.2) is 115 Å². The average molecular weight is 378 g/mol. The minimum atomic E-state index is 0.295. The van der Waals surface area contributed by atoms with Crippen LogP contribution in [0.1, 0.15) is 30.0 Å². The van der Waals surface area contributed by atoms with E-state index < -0.39 is 0 Å². The van der Waals surface area contributed by atoms with Gasteiger partial charge in [-0.05, 0) is 43.5 Å². The molecule has 0 spiro atoms. The summed E-state index contributed by atoms with van der Waals surface area (Å²) in [6.45, 7) is 4.30. The Morgan fingerprint density at radius 2 is 1.38 bits per heavy atom. The van der Waals surface area contributed by atoms with Crippen molar-refractivity contribution in [2.75, 3.05) is 4.90 Å². The number of benzene rings is 3. The molecule has 1 aliphatic rings. The number of aryl methyl sites for hydroxylation is 1. The zero-order valence-corrected chi connectivity index (χ0v) is 17.1. The van der Waals surface area contributed by atoms with Crippen molar-refractivity contribution in [2.24, 2.45) is 0 Å². The van der Waals surface area contributed by atoms with Crippen molar-refractivity contribution in [3.05, 3.63) is 132 Å². The molecule has 0 saturated heterocycles. The van der Waals surface area contributed by atoms with E-state index in [0.29, 0.717) is 6.04 Å². The second-order valence-electron chi connectivity index (χ2n) is 7.63. The Kier molecular flexibility index (Phi) is 5.76. The van der Waals surface area contributed by atoms with E-state index >= 15 is 0 Å². The van der Waals surface area contributed by atoms with Gasteiger partial charge in [-0.1, -0.05) is 102 Å². The van der Waals surface area contributed by atoms with E-state index in [1.807, 2.05) is 0 Å². The van der Waals surface area contributed by atoms with Crippen LogP contribution >= 0.6 is 0 Å². The normalized spacial score (nSPS) is 15.5. The lowest BCUT2D eigenvalue weighted by Crippen LogP contribution is -2.30. The Balaban J connectivity index is 1.83. The van der Waals surface area contributed by atoms with Gasteiger partial charge in [-0.3, -0.25) is 0 Å². The van der Waals surface area contributed by atoms with Crippen molar-refractivity contribution in [2.45, 2.75) is 26.3 Å². The van der Waals surface area contributed by atoms with Gasteiger partial charge in [0.2, 0.25) is 0 Å². The first-order chi connectivity index (χ1) is 14.2. The third-order valence-electron chi connectivity index (χ3n) is 5.39. The zero-order valence-electron chi connectivity index (χ0n) is 17.1. The van der Waals surface area contributed by atoms with Crippen molar-refractivity contribution in [1.82, 2.24) is 0 Å². The number of rotatable bonds is 5. The maximum Gasteiger partial charge on any atom is 0.0554 e. The topological polar surface area (TPSA) is 3.24 Å². The van der Waals surface area contributed by atoms with E-state index in [1.54, 1.807) is 0 Å². The van der Waals surface area contributed by atoms with Crippen molar-refractivity contribution in [1.29, 1.82) is 0 Å². The van der Waals surface area contributed by atoms with Crippen LogP contribution in [-0.4, -0.2) is 6.04 Å². The molecule has 0 aliphatic heterocycles. The molecule has 0 fully saturated rings. The fraction of sp³-hybridized carbons (Fsp3) is 0.143. The Bertz CT molecular complexity index is 983. The summed E-state index contributed by atoms with van der Waals surface area (Å²) in [4.78, 5) is 2.41. The van der Waals surface area contributed by atoms with E-state index in [-0.39, 0.29) is 0 Å². The van der Waals surface area contributed by atoms with Crippen LogP contribution in [0.4, 0.5) is 5.69 Å². The van der Waals surface area contributed by atoms with Gasteiger partial charge >= 0.3 is 0 Å². The molecule has 29 heavy (non-hydrogen) atoms. The summed E-state index contributed by atoms with van der Waals surface area (Å²) in [5, 5.41) is 0. The van der Waals surface area contributed by atoms with Crippen LogP contribution in [0, 0.1) is 6.92 Å². The van der Waals surface area contributed by atoms with Gasteiger partial charge in [-0.15, -0.1) is 0 Å². The lowest BCUT2D eigenvalue weighted by atomic mass is 9.97. The summed E-state index contributed by atoms with van der Waals surface area (Å²) in [5.74, 6) is 0. The molecular weight excluding hydrogens is 350 g/mol. The molecule has 1 heteroatoms. The summed E-state index contributed by atoms with van der Waals surface area (Å²) >= 11 is 0. The summed E-state index contributed by atoms with van der Waals surface area (Å²) in [6.07, 6.45) is 10.2. The average Bonchev–Trinajstić information content (AvgIpc) is 2.77. The van der Waals surface area contributed by atoms with Gasteiger partial charge in [-0.2, -0.15) is 0 Å². The second-order valence-corrected chi connectivity index (χ2v) is 7.63. The minimum Gasteiger partial charge on any atom is -0.340 e. The highest BCUT2D eigenvalue weighted by atomic mass is 15.1. The van der Waals surface area contributed by atoms with Crippen LogP contribution in [0.25, 0.3) is 5.57 Å². The molecule has 1 atom stereocenters. The molecule has 0 bridgehead atoms. The quantitative estimate of drug-likeness (QED) is 0.456. The molecule has 4 rings (SSSR count). The van der Waals surface area contributed by atoms with Gasteiger partial charge in [0, 0.05) is 17.5 Å². The lowest BCUT2D eigenvalue weighted by molar-refractivity contribution is 0.774. The molecule has 1 aliphatic carbocycles. The predicted molar refractivity (Wildman–Crippen MR) is 125 cm³/mol. The standard InChI is InChI=1S/C28H27N/c1-22-13-17-26(18-14-22)29(27-19-15-23(2)16-20-27)21-28(24-9-5-3-6-10-24)25-11-7-4-8-12-25/h3-19,21,27H,20H2,1-2H3. The maximum atomic E-state index is 2.41. The Morgan fingerprint density at radius 3 is 1.90 bits per heavy atom. The number of allylic oxidation sites excluding steroid dienone is 2. The van der Waals surface area contributed by atoms with E-state index in [4.69, 9.17) is 0 Å². The molecule has 3 aromatic rings. The van der Waals surface area contributed by atoms with Crippen LogP contribution in [0.5, 0.6) is 0 Å². The van der Waals surface area contributed by atoms with Gasteiger partial charge in [-0.25, -0.2) is 0 Å². The SMILES string of the molecule is CC1=CCC(N(C=C(c2ccccc2)c2ccccc2)c2ccc(C)cc2)C=C1. The van der Waals surface area contributed by atoms with Crippen molar-refractivity contribution >= 4 is 11.3 Å². The van der Waals surface area contributed by atoms with Crippen molar-refractivity contribution in [3.63, 3.8) is 0 Å². The molecule has 0 aromatic heterocycles. The lowest BCUT2D eigenvalue weighted by Gasteiger charge is -2.31. The molecule has 3 aromatic carbocycles. The zero-order chi connectivity index (χ0) is 20.1. The minimum absolute atomic E-state index is 0.295. The number of hydrogen-bond donors (Lipinski definition) is 0. The summed E-state index contributed by atoms with van der Waals surface area (Å²) < 4.78 is 0. The van der Waals surface area contributed by atoms with E-state index in [2.05, 4.69) is 128 Å². The molecule has 0 amide bonds. The third-order valence-corrected chi connectivity index (χ3v) is 5.39. The highest BCUT2D eigenvalue weighted by molar-refractivity contribution is 5.81.